The number of carboxylic acids is 2. The molecule has 7 N–H and O–H groups in total. The van der Waals surface area contributed by atoms with E-state index in [1.54, 1.807) is 37.3 Å². The van der Waals surface area contributed by atoms with Gasteiger partial charge in [0, 0.05) is 6.42 Å². The van der Waals surface area contributed by atoms with Crippen LogP contribution in [0.2, 0.25) is 0 Å². The molecule has 1 aromatic carbocycles. The van der Waals surface area contributed by atoms with Gasteiger partial charge in [-0.2, -0.15) is 0 Å². The van der Waals surface area contributed by atoms with Crippen LogP contribution in [0.25, 0.3) is 0 Å². The number of amides is 5. The molecular formula is C28H37N5O13. The zero-order valence-electron chi connectivity index (χ0n) is 25.3. The Morgan fingerprint density at radius 2 is 1.48 bits per heavy atom. The number of carbonyl (C=O) groups excluding carboxylic acids is 6. The quantitative estimate of drug-likeness (QED) is 0.0589. The Hall–Kier alpha value is -5.26. The highest BCUT2D eigenvalue weighted by Gasteiger charge is 2.51. The van der Waals surface area contributed by atoms with Crippen molar-refractivity contribution in [3.63, 3.8) is 0 Å². The number of hydrazine groups is 1. The summed E-state index contributed by atoms with van der Waals surface area (Å²) < 4.78 is 14.7. The van der Waals surface area contributed by atoms with Gasteiger partial charge in [0.2, 0.25) is 11.8 Å². The molecule has 2 unspecified atom stereocenters. The van der Waals surface area contributed by atoms with E-state index < -0.39 is 96.7 Å². The minimum Gasteiger partial charge on any atom is -0.481 e. The zero-order chi connectivity index (χ0) is 34.4. The summed E-state index contributed by atoms with van der Waals surface area (Å²) in [5.41, 5.74) is 4.58. The van der Waals surface area contributed by atoms with Gasteiger partial charge in [-0.15, -0.1) is 0 Å². The molecule has 1 aromatic rings. The van der Waals surface area contributed by atoms with Crippen molar-refractivity contribution in [2.45, 2.75) is 77.0 Å². The summed E-state index contributed by atoms with van der Waals surface area (Å²) in [6.07, 6.45) is -5.24. The van der Waals surface area contributed by atoms with Crippen LogP contribution < -0.4 is 26.8 Å². The number of alkyl carbamates (subject to hydrolysis) is 1. The number of esters is 1. The predicted octanol–water partition coefficient (Wildman–Crippen LogP) is -1.28. The van der Waals surface area contributed by atoms with Gasteiger partial charge in [0.15, 0.2) is 12.2 Å². The van der Waals surface area contributed by atoms with E-state index >= 15 is 0 Å². The number of epoxide rings is 1. The molecule has 1 aliphatic rings. The lowest BCUT2D eigenvalue weighted by molar-refractivity contribution is -0.145. The molecule has 46 heavy (non-hydrogen) atoms. The first-order valence-corrected chi connectivity index (χ1v) is 14.2. The van der Waals surface area contributed by atoms with Crippen molar-refractivity contribution in [3.05, 3.63) is 35.9 Å². The van der Waals surface area contributed by atoms with Crippen molar-refractivity contribution in [2.24, 2.45) is 5.92 Å². The first-order chi connectivity index (χ1) is 21.7. The molecule has 1 fully saturated rings. The smallest absolute Gasteiger partial charge is 0.408 e. The topological polar surface area (TPSA) is 268 Å². The van der Waals surface area contributed by atoms with E-state index in [4.69, 9.17) is 19.3 Å². The van der Waals surface area contributed by atoms with Crippen LogP contribution in [0, 0.1) is 5.92 Å². The van der Waals surface area contributed by atoms with E-state index in [0.717, 1.165) is 0 Å². The van der Waals surface area contributed by atoms with Crippen molar-refractivity contribution in [3.8, 4) is 0 Å². The van der Waals surface area contributed by atoms with Crippen molar-refractivity contribution in [1.29, 1.82) is 0 Å². The van der Waals surface area contributed by atoms with Crippen LogP contribution in [-0.2, 0) is 54.4 Å². The number of hydrogen-bond acceptors (Lipinski definition) is 11. The summed E-state index contributed by atoms with van der Waals surface area (Å²) in [5.74, 6) is -8.18. The van der Waals surface area contributed by atoms with Gasteiger partial charge in [0.25, 0.3) is 11.8 Å². The predicted molar refractivity (Wildman–Crippen MR) is 153 cm³/mol. The van der Waals surface area contributed by atoms with Crippen LogP contribution in [0.15, 0.2) is 30.3 Å². The maximum atomic E-state index is 13.2. The number of aliphatic carboxylic acids is 2. The maximum Gasteiger partial charge on any atom is 0.408 e. The number of carbonyl (C=O) groups is 8. The summed E-state index contributed by atoms with van der Waals surface area (Å²) in [7, 11) is 0. The first kappa shape index (κ1) is 36.9. The van der Waals surface area contributed by atoms with E-state index in [0.29, 0.717) is 5.56 Å². The Morgan fingerprint density at radius 1 is 0.804 bits per heavy atom. The van der Waals surface area contributed by atoms with Gasteiger partial charge < -0.3 is 40.4 Å². The van der Waals surface area contributed by atoms with Crippen LogP contribution in [0.5, 0.6) is 0 Å². The lowest BCUT2D eigenvalue weighted by Gasteiger charge is -2.26. The SMILES string of the molecule is CCOC(=O)C1OC1C(=O)NNC(=O)[C@H](CC(=O)O)NC(=O)[C@@H](NC(=O)[C@H](CCC(=O)O)NC(=O)OCc1ccccc1)C(C)C. The van der Waals surface area contributed by atoms with E-state index in [-0.39, 0.29) is 19.6 Å². The van der Waals surface area contributed by atoms with Crippen molar-refractivity contribution in [2.75, 3.05) is 6.61 Å². The average molecular weight is 652 g/mol. The third-order valence-electron chi connectivity index (χ3n) is 6.30. The average Bonchev–Trinajstić information content (AvgIpc) is 3.80. The Labute approximate surface area is 262 Å². The fourth-order valence-electron chi connectivity index (χ4n) is 3.87. The summed E-state index contributed by atoms with van der Waals surface area (Å²) in [6, 6.07) is 4.05. The highest BCUT2D eigenvalue weighted by molar-refractivity contribution is 5.97. The van der Waals surface area contributed by atoms with Crippen LogP contribution in [0.1, 0.15) is 45.6 Å². The second-order valence-corrected chi connectivity index (χ2v) is 10.3. The van der Waals surface area contributed by atoms with Gasteiger partial charge in [-0.3, -0.25) is 39.6 Å². The fourth-order valence-corrected chi connectivity index (χ4v) is 3.87. The molecular weight excluding hydrogens is 614 g/mol. The molecule has 18 nitrogen and oxygen atoms in total. The Balaban J connectivity index is 2.04. The molecule has 1 heterocycles. The number of hydrogen-bond donors (Lipinski definition) is 7. The molecule has 0 aliphatic carbocycles. The van der Waals surface area contributed by atoms with Crippen LogP contribution in [0.4, 0.5) is 4.79 Å². The summed E-state index contributed by atoms with van der Waals surface area (Å²) in [5, 5.41) is 25.3. The number of nitrogens with one attached hydrogen (secondary N) is 5. The highest BCUT2D eigenvalue weighted by Crippen LogP contribution is 2.23. The second-order valence-electron chi connectivity index (χ2n) is 10.3. The third kappa shape index (κ3) is 12.4. The van der Waals surface area contributed by atoms with Gasteiger partial charge in [0.1, 0.15) is 24.7 Å². The lowest BCUT2D eigenvalue weighted by atomic mass is 10.0. The minimum atomic E-state index is -1.74. The van der Waals surface area contributed by atoms with Gasteiger partial charge in [0.05, 0.1) is 13.0 Å². The summed E-state index contributed by atoms with van der Waals surface area (Å²) in [6.45, 7) is 4.53. The standard InChI is InChI=1S/C28H37N5O13/c1-4-44-27(42)22-21(46-22)26(41)33-32-24(39)17(12-19(36)37)29-25(40)20(14(2)3)31-23(38)16(10-11-18(34)35)30-28(43)45-13-15-8-6-5-7-9-15/h5-9,14,16-17,20-22H,4,10-13H2,1-3H3,(H,29,40)(H,30,43)(H,31,38)(H,32,39)(H,33,41)(H,34,35)(H,36,37)/t16-,17-,20-,21?,22?/m0/s1. The molecule has 252 valence electrons. The molecule has 1 aliphatic heterocycles. The van der Waals surface area contributed by atoms with Gasteiger partial charge >= 0.3 is 24.0 Å². The van der Waals surface area contributed by atoms with Crippen LogP contribution >= 0.6 is 0 Å². The molecule has 5 atom stereocenters. The molecule has 0 saturated carbocycles. The monoisotopic (exact) mass is 651 g/mol. The molecule has 5 amide bonds. The largest absolute Gasteiger partial charge is 0.481 e. The molecule has 0 spiro atoms. The van der Waals surface area contributed by atoms with Crippen LogP contribution in [0.3, 0.4) is 0 Å². The Bertz CT molecular complexity index is 1290. The Kier molecular flexibility index (Phi) is 14.4. The zero-order valence-corrected chi connectivity index (χ0v) is 25.3. The highest BCUT2D eigenvalue weighted by atomic mass is 16.6. The summed E-state index contributed by atoms with van der Waals surface area (Å²) >= 11 is 0. The summed E-state index contributed by atoms with van der Waals surface area (Å²) in [4.78, 5) is 97.8. The first-order valence-electron chi connectivity index (χ1n) is 14.2. The minimum absolute atomic E-state index is 0.0545. The Morgan fingerprint density at radius 3 is 2.07 bits per heavy atom. The van der Waals surface area contributed by atoms with E-state index in [9.17, 15) is 43.5 Å². The maximum absolute atomic E-state index is 13.2. The molecule has 0 aromatic heterocycles. The molecule has 1 saturated heterocycles. The molecule has 2 rings (SSSR count). The van der Waals surface area contributed by atoms with Crippen molar-refractivity contribution < 1.29 is 62.8 Å². The van der Waals surface area contributed by atoms with Gasteiger partial charge in [-0.25, -0.2) is 9.59 Å². The number of rotatable bonds is 17. The second kappa shape index (κ2) is 17.9. The number of carboxylic acid groups (broad SMARTS) is 2. The lowest BCUT2D eigenvalue weighted by Crippen LogP contribution is -2.59. The molecule has 0 radical (unpaired) electrons. The molecule has 0 bridgehead atoms. The van der Waals surface area contributed by atoms with Gasteiger partial charge in [-0.05, 0) is 24.8 Å². The molecule has 18 heteroatoms. The number of ether oxygens (including phenoxy) is 3. The van der Waals surface area contributed by atoms with Crippen molar-refractivity contribution in [1.82, 2.24) is 26.8 Å². The van der Waals surface area contributed by atoms with E-state index in [2.05, 4.69) is 16.0 Å². The third-order valence-corrected chi connectivity index (χ3v) is 6.30. The normalized spacial score (nSPS) is 16.9. The van der Waals surface area contributed by atoms with E-state index in [1.807, 2.05) is 10.9 Å². The van der Waals surface area contributed by atoms with Crippen molar-refractivity contribution >= 4 is 47.6 Å². The van der Waals surface area contributed by atoms with Gasteiger partial charge in [-0.1, -0.05) is 44.2 Å². The van der Waals surface area contributed by atoms with E-state index in [1.165, 1.54) is 13.8 Å². The number of benzene rings is 1. The fraction of sp³-hybridized carbons (Fsp3) is 0.500. The van der Waals surface area contributed by atoms with Crippen LogP contribution in [-0.4, -0.2) is 94.8 Å².